The SMILES string of the molecule is O=C(O)CCCCCNC(=O)[C@H]1OCC[C@H]1CNC(=O)OCC1c2ccccc2-c2ccccc21. The minimum absolute atomic E-state index is 0.00279. The lowest BCUT2D eigenvalue weighted by Gasteiger charge is -2.19. The lowest BCUT2D eigenvalue weighted by atomic mass is 9.98. The maximum absolute atomic E-state index is 12.5. The smallest absolute Gasteiger partial charge is 0.407 e. The highest BCUT2D eigenvalue weighted by Gasteiger charge is 2.34. The Balaban J connectivity index is 1.21. The number of amides is 2. The minimum Gasteiger partial charge on any atom is -0.481 e. The summed E-state index contributed by atoms with van der Waals surface area (Å²) in [5.74, 6) is -1.13. The molecule has 1 heterocycles. The minimum atomic E-state index is -0.805. The Morgan fingerprint density at radius 2 is 1.63 bits per heavy atom. The first kappa shape index (κ1) is 24.7. The first-order valence-electron chi connectivity index (χ1n) is 12.2. The van der Waals surface area contributed by atoms with Gasteiger partial charge in [0.1, 0.15) is 12.7 Å². The third-order valence-electron chi connectivity index (χ3n) is 6.69. The molecule has 0 spiro atoms. The zero-order valence-corrected chi connectivity index (χ0v) is 19.7. The van der Waals surface area contributed by atoms with E-state index in [2.05, 4.69) is 34.9 Å². The predicted molar refractivity (Wildman–Crippen MR) is 130 cm³/mol. The molecule has 3 N–H and O–H groups in total. The zero-order chi connectivity index (χ0) is 24.6. The molecule has 2 aliphatic rings. The van der Waals surface area contributed by atoms with Crippen molar-refractivity contribution in [2.24, 2.45) is 5.92 Å². The van der Waals surface area contributed by atoms with Crippen molar-refractivity contribution in [1.82, 2.24) is 10.6 Å². The van der Waals surface area contributed by atoms with Gasteiger partial charge >= 0.3 is 12.1 Å². The Bertz CT molecular complexity index is 1010. The zero-order valence-electron chi connectivity index (χ0n) is 19.7. The topological polar surface area (TPSA) is 114 Å². The highest BCUT2D eigenvalue weighted by molar-refractivity contribution is 5.81. The van der Waals surface area contributed by atoms with Gasteiger partial charge in [0.25, 0.3) is 0 Å². The van der Waals surface area contributed by atoms with Crippen LogP contribution in [0.2, 0.25) is 0 Å². The average molecular weight is 481 g/mol. The summed E-state index contributed by atoms with van der Waals surface area (Å²) in [6.07, 6.45) is 1.76. The summed E-state index contributed by atoms with van der Waals surface area (Å²) in [6, 6.07) is 16.4. The van der Waals surface area contributed by atoms with Crippen molar-refractivity contribution in [3.8, 4) is 11.1 Å². The molecular formula is C27H32N2O6. The number of alkyl carbamates (subject to hydrolysis) is 1. The summed E-state index contributed by atoms with van der Waals surface area (Å²) >= 11 is 0. The molecule has 2 aromatic rings. The first-order chi connectivity index (χ1) is 17.0. The van der Waals surface area contributed by atoms with E-state index in [1.54, 1.807) is 0 Å². The number of nitrogens with one attached hydrogen (secondary N) is 2. The number of unbranched alkanes of at least 4 members (excludes halogenated alkanes) is 2. The second kappa shape index (κ2) is 11.8. The van der Waals surface area contributed by atoms with Gasteiger partial charge in [-0.25, -0.2) is 4.79 Å². The van der Waals surface area contributed by atoms with Gasteiger partial charge in [-0.15, -0.1) is 0 Å². The Morgan fingerprint density at radius 1 is 0.943 bits per heavy atom. The van der Waals surface area contributed by atoms with Gasteiger partial charge in [0.2, 0.25) is 5.91 Å². The molecule has 1 saturated heterocycles. The first-order valence-corrected chi connectivity index (χ1v) is 12.2. The van der Waals surface area contributed by atoms with E-state index in [1.807, 2.05) is 24.3 Å². The second-order valence-corrected chi connectivity index (χ2v) is 9.04. The van der Waals surface area contributed by atoms with Crippen molar-refractivity contribution >= 4 is 18.0 Å². The number of carboxylic acid groups (broad SMARTS) is 1. The summed E-state index contributed by atoms with van der Waals surface area (Å²) < 4.78 is 11.2. The van der Waals surface area contributed by atoms with Gasteiger partial charge in [0.15, 0.2) is 0 Å². The molecule has 0 saturated carbocycles. The van der Waals surface area contributed by atoms with Crippen molar-refractivity contribution < 1.29 is 29.0 Å². The second-order valence-electron chi connectivity index (χ2n) is 9.04. The number of hydrogen-bond donors (Lipinski definition) is 3. The van der Waals surface area contributed by atoms with E-state index in [1.165, 1.54) is 11.1 Å². The highest BCUT2D eigenvalue weighted by atomic mass is 16.5. The molecule has 0 unspecified atom stereocenters. The summed E-state index contributed by atoms with van der Waals surface area (Å²) in [4.78, 5) is 35.5. The maximum atomic E-state index is 12.5. The Labute approximate surface area is 205 Å². The van der Waals surface area contributed by atoms with Crippen molar-refractivity contribution in [1.29, 1.82) is 0 Å². The van der Waals surface area contributed by atoms with Crippen LogP contribution in [0.3, 0.4) is 0 Å². The quantitative estimate of drug-likeness (QED) is 0.423. The van der Waals surface area contributed by atoms with Crippen molar-refractivity contribution in [3.05, 3.63) is 59.7 Å². The van der Waals surface area contributed by atoms with Gasteiger partial charge in [0.05, 0.1) is 0 Å². The molecule has 0 bridgehead atoms. The van der Waals surface area contributed by atoms with Gasteiger partial charge < -0.3 is 25.2 Å². The predicted octanol–water partition coefficient (Wildman–Crippen LogP) is 3.69. The number of carboxylic acids is 1. The number of carbonyl (C=O) groups excluding carboxylic acids is 2. The van der Waals surface area contributed by atoms with E-state index < -0.39 is 18.2 Å². The van der Waals surface area contributed by atoms with E-state index in [-0.39, 0.29) is 30.8 Å². The molecule has 2 atom stereocenters. The standard InChI is InChI=1S/C27H32N2O6/c30-24(31)12-2-1-7-14-28-26(32)25-18(13-15-34-25)16-29-27(33)35-17-23-21-10-5-3-8-19(21)20-9-4-6-11-22(20)23/h3-6,8-11,18,23,25H,1-2,7,12-17H2,(H,28,32)(H,29,33)(H,30,31)/t18-,25-/m0/s1. The molecule has 0 aromatic heterocycles. The molecule has 0 radical (unpaired) electrons. The van der Waals surface area contributed by atoms with Gasteiger partial charge in [-0.1, -0.05) is 55.0 Å². The molecule has 2 amide bonds. The monoisotopic (exact) mass is 480 g/mol. The lowest BCUT2D eigenvalue weighted by Crippen LogP contribution is -2.42. The van der Waals surface area contributed by atoms with Crippen molar-refractivity contribution in [2.45, 2.75) is 44.1 Å². The fourth-order valence-electron chi connectivity index (χ4n) is 4.89. The van der Waals surface area contributed by atoms with Gasteiger partial charge in [0, 0.05) is 38.0 Å². The molecule has 1 aliphatic heterocycles. The number of aliphatic carboxylic acids is 1. The van der Waals surface area contributed by atoms with Crippen molar-refractivity contribution in [3.63, 3.8) is 0 Å². The number of rotatable bonds is 11. The molecule has 2 aromatic carbocycles. The Morgan fingerprint density at radius 3 is 2.31 bits per heavy atom. The average Bonchev–Trinajstić information content (AvgIpc) is 3.46. The van der Waals surface area contributed by atoms with E-state index in [4.69, 9.17) is 14.6 Å². The molecule has 8 heteroatoms. The van der Waals surface area contributed by atoms with Crippen LogP contribution in [0.4, 0.5) is 4.79 Å². The van der Waals surface area contributed by atoms with Crippen LogP contribution in [0.5, 0.6) is 0 Å². The number of hydrogen-bond acceptors (Lipinski definition) is 5. The molecule has 8 nitrogen and oxygen atoms in total. The number of ether oxygens (including phenoxy) is 2. The summed E-state index contributed by atoms with van der Waals surface area (Å²) in [6.45, 7) is 1.48. The third kappa shape index (κ3) is 6.19. The molecule has 35 heavy (non-hydrogen) atoms. The molecule has 1 fully saturated rings. The normalized spacial score (nSPS) is 18.5. The molecule has 4 rings (SSSR count). The summed E-state index contributed by atoms with van der Waals surface area (Å²) in [5.41, 5.74) is 4.67. The molecular weight excluding hydrogens is 448 g/mol. The maximum Gasteiger partial charge on any atom is 0.407 e. The summed E-state index contributed by atoms with van der Waals surface area (Å²) in [7, 11) is 0. The third-order valence-corrected chi connectivity index (χ3v) is 6.69. The summed E-state index contributed by atoms with van der Waals surface area (Å²) in [5, 5.41) is 14.3. The fourth-order valence-corrected chi connectivity index (χ4v) is 4.89. The largest absolute Gasteiger partial charge is 0.481 e. The van der Waals surface area contributed by atoms with Crippen LogP contribution in [0.25, 0.3) is 11.1 Å². The van der Waals surface area contributed by atoms with E-state index in [0.29, 0.717) is 39.0 Å². The fraction of sp³-hybridized carbons (Fsp3) is 0.444. The van der Waals surface area contributed by atoms with Crippen LogP contribution in [0, 0.1) is 5.92 Å². The Hall–Kier alpha value is -3.39. The number of carbonyl (C=O) groups is 3. The van der Waals surface area contributed by atoms with Crippen LogP contribution in [-0.2, 0) is 19.1 Å². The lowest BCUT2D eigenvalue weighted by molar-refractivity contribution is -0.137. The van der Waals surface area contributed by atoms with Crippen LogP contribution in [-0.4, -0.2) is 55.5 Å². The van der Waals surface area contributed by atoms with E-state index in [9.17, 15) is 14.4 Å². The van der Waals surface area contributed by atoms with Gasteiger partial charge in [-0.2, -0.15) is 0 Å². The number of fused-ring (bicyclic) bond motifs is 3. The van der Waals surface area contributed by atoms with Crippen molar-refractivity contribution in [2.75, 3.05) is 26.3 Å². The van der Waals surface area contributed by atoms with Crippen LogP contribution in [0.1, 0.15) is 49.1 Å². The molecule has 186 valence electrons. The van der Waals surface area contributed by atoms with Gasteiger partial charge in [-0.3, -0.25) is 9.59 Å². The number of benzene rings is 2. The van der Waals surface area contributed by atoms with Crippen LogP contribution in [0.15, 0.2) is 48.5 Å². The van der Waals surface area contributed by atoms with Gasteiger partial charge in [-0.05, 0) is 41.5 Å². The molecule has 1 aliphatic carbocycles. The highest BCUT2D eigenvalue weighted by Crippen LogP contribution is 2.44. The van der Waals surface area contributed by atoms with Crippen LogP contribution < -0.4 is 10.6 Å². The Kier molecular flexibility index (Phi) is 8.36. The van der Waals surface area contributed by atoms with E-state index >= 15 is 0 Å². The van der Waals surface area contributed by atoms with Crippen LogP contribution >= 0.6 is 0 Å². The van der Waals surface area contributed by atoms with E-state index in [0.717, 1.165) is 17.5 Å².